The van der Waals surface area contributed by atoms with Gasteiger partial charge in [0.05, 0.1) is 0 Å². The first-order valence-electron chi connectivity index (χ1n) is 25.1. The fraction of sp³-hybridized carbons (Fsp3) is 0.792. The van der Waals surface area contributed by atoms with Gasteiger partial charge < -0.3 is 14.2 Å². The lowest BCUT2D eigenvalue weighted by Crippen LogP contribution is -2.30. The predicted molar refractivity (Wildman–Crippen MR) is 252 cm³/mol. The Kier molecular flexibility index (Phi) is 45.9. The monoisotopic (exact) mass is 827 g/mol. The van der Waals surface area contributed by atoms with Crippen molar-refractivity contribution in [1.82, 2.24) is 0 Å². The number of carbonyl (C=O) groups excluding carboxylic acids is 3. The Labute approximate surface area is 365 Å². The fourth-order valence-electron chi connectivity index (χ4n) is 6.92. The van der Waals surface area contributed by atoms with Gasteiger partial charge in [0, 0.05) is 19.3 Å². The molecule has 0 rings (SSSR count). The molecule has 0 aromatic heterocycles. The summed E-state index contributed by atoms with van der Waals surface area (Å²) in [6.07, 6.45) is 56.6. The van der Waals surface area contributed by atoms with Crippen LogP contribution in [0.1, 0.15) is 252 Å². The van der Waals surface area contributed by atoms with E-state index < -0.39 is 6.10 Å². The summed E-state index contributed by atoms with van der Waals surface area (Å²) >= 11 is 0. The molecule has 342 valence electrons. The summed E-state index contributed by atoms with van der Waals surface area (Å²) in [6.45, 7) is 6.54. The highest BCUT2D eigenvalue weighted by molar-refractivity contribution is 5.71. The molecule has 0 unspecified atom stereocenters. The normalized spacial score (nSPS) is 12.4. The lowest BCUT2D eigenvalue weighted by atomic mass is 10.1. The van der Waals surface area contributed by atoms with E-state index in [4.69, 9.17) is 14.2 Å². The molecule has 0 aromatic rings. The average Bonchev–Trinajstić information content (AvgIpc) is 3.23. The molecular weight excluding hydrogens is 733 g/mol. The quantitative estimate of drug-likeness (QED) is 0.0263. The fourth-order valence-corrected chi connectivity index (χ4v) is 6.92. The third kappa shape index (κ3) is 46.3. The van der Waals surface area contributed by atoms with Crippen molar-refractivity contribution in [3.05, 3.63) is 48.6 Å². The highest BCUT2D eigenvalue weighted by Gasteiger charge is 2.19. The summed E-state index contributed by atoms with van der Waals surface area (Å²) in [7, 11) is 0. The van der Waals surface area contributed by atoms with Gasteiger partial charge in [0.1, 0.15) is 13.2 Å². The van der Waals surface area contributed by atoms with Crippen molar-refractivity contribution < 1.29 is 28.6 Å². The number of carbonyl (C=O) groups is 3. The van der Waals surface area contributed by atoms with Crippen LogP contribution in [0.4, 0.5) is 0 Å². The Bertz CT molecular complexity index is 1040. The van der Waals surface area contributed by atoms with Crippen molar-refractivity contribution in [2.24, 2.45) is 0 Å². The Morgan fingerprint density at radius 3 is 1.03 bits per heavy atom. The van der Waals surface area contributed by atoms with E-state index >= 15 is 0 Å². The molecule has 6 heteroatoms. The maximum absolute atomic E-state index is 12.7. The lowest BCUT2D eigenvalue weighted by molar-refractivity contribution is -0.167. The summed E-state index contributed by atoms with van der Waals surface area (Å²) in [4.78, 5) is 37.9. The van der Waals surface area contributed by atoms with Gasteiger partial charge in [-0.3, -0.25) is 14.4 Å². The molecule has 0 N–H and O–H groups in total. The van der Waals surface area contributed by atoms with E-state index in [0.717, 1.165) is 96.3 Å². The van der Waals surface area contributed by atoms with Crippen LogP contribution in [0.5, 0.6) is 0 Å². The molecule has 0 saturated heterocycles. The Morgan fingerprint density at radius 1 is 0.339 bits per heavy atom. The molecule has 1 atom stereocenters. The van der Waals surface area contributed by atoms with Crippen LogP contribution in [-0.4, -0.2) is 37.2 Å². The van der Waals surface area contributed by atoms with E-state index in [1.807, 2.05) is 0 Å². The predicted octanol–water partition coefficient (Wildman–Crippen LogP) is 16.3. The van der Waals surface area contributed by atoms with Gasteiger partial charge >= 0.3 is 17.9 Å². The minimum atomic E-state index is -0.784. The Balaban J connectivity index is 4.39. The molecule has 0 spiro atoms. The third-order valence-electron chi connectivity index (χ3n) is 10.8. The molecule has 0 heterocycles. The van der Waals surface area contributed by atoms with Crippen LogP contribution in [0.15, 0.2) is 48.6 Å². The van der Waals surface area contributed by atoms with E-state index in [0.29, 0.717) is 19.3 Å². The van der Waals surface area contributed by atoms with Gasteiger partial charge in [-0.1, -0.05) is 185 Å². The smallest absolute Gasteiger partial charge is 0.306 e. The number of hydrogen-bond acceptors (Lipinski definition) is 6. The first kappa shape index (κ1) is 56.4. The van der Waals surface area contributed by atoms with Gasteiger partial charge in [-0.15, -0.1) is 0 Å². The molecule has 0 bridgehead atoms. The van der Waals surface area contributed by atoms with Gasteiger partial charge in [-0.2, -0.15) is 0 Å². The van der Waals surface area contributed by atoms with Gasteiger partial charge in [0.15, 0.2) is 6.10 Å². The van der Waals surface area contributed by atoms with Crippen LogP contribution in [0.3, 0.4) is 0 Å². The van der Waals surface area contributed by atoms with E-state index in [9.17, 15) is 14.4 Å². The molecule has 0 radical (unpaired) electrons. The summed E-state index contributed by atoms with van der Waals surface area (Å²) in [5.41, 5.74) is 0. The average molecular weight is 827 g/mol. The second kappa shape index (κ2) is 48.0. The molecule has 6 nitrogen and oxygen atoms in total. The van der Waals surface area contributed by atoms with Crippen LogP contribution in [-0.2, 0) is 28.6 Å². The van der Waals surface area contributed by atoms with Crippen molar-refractivity contribution in [2.45, 2.75) is 258 Å². The zero-order chi connectivity index (χ0) is 43.0. The molecule has 0 aliphatic rings. The van der Waals surface area contributed by atoms with E-state index in [1.54, 1.807) is 0 Å². The highest BCUT2D eigenvalue weighted by Crippen LogP contribution is 2.14. The van der Waals surface area contributed by atoms with E-state index in [1.165, 1.54) is 116 Å². The summed E-state index contributed by atoms with van der Waals surface area (Å²) in [5, 5.41) is 0. The number of ether oxygens (including phenoxy) is 3. The molecule has 0 aromatic carbocycles. The van der Waals surface area contributed by atoms with Crippen LogP contribution in [0, 0.1) is 0 Å². The maximum Gasteiger partial charge on any atom is 0.306 e. The van der Waals surface area contributed by atoms with Crippen LogP contribution in [0.2, 0.25) is 0 Å². The van der Waals surface area contributed by atoms with Crippen molar-refractivity contribution in [2.75, 3.05) is 13.2 Å². The van der Waals surface area contributed by atoms with Crippen LogP contribution in [0.25, 0.3) is 0 Å². The van der Waals surface area contributed by atoms with Gasteiger partial charge in [-0.25, -0.2) is 0 Å². The maximum atomic E-state index is 12.7. The summed E-state index contributed by atoms with van der Waals surface area (Å²) in [6, 6.07) is 0. The first-order valence-corrected chi connectivity index (χ1v) is 25.1. The van der Waals surface area contributed by atoms with Crippen molar-refractivity contribution >= 4 is 17.9 Å². The lowest BCUT2D eigenvalue weighted by Gasteiger charge is -2.18. The number of esters is 3. The zero-order valence-corrected chi connectivity index (χ0v) is 39.0. The highest BCUT2D eigenvalue weighted by atomic mass is 16.6. The third-order valence-corrected chi connectivity index (χ3v) is 10.8. The zero-order valence-electron chi connectivity index (χ0n) is 39.0. The molecular formula is C53H94O6. The largest absolute Gasteiger partial charge is 0.462 e. The van der Waals surface area contributed by atoms with Crippen LogP contribution < -0.4 is 0 Å². The Hall–Kier alpha value is -2.63. The standard InChI is InChI=1S/C53H94O6/c1-4-7-10-13-16-19-22-24-26-28-31-33-36-39-42-45-51(54)57-48-50(59-53(56)47-44-41-38-35-30-21-18-15-12-9-6-3)49-58-52(55)46-43-40-37-34-32-29-27-25-23-20-17-14-11-8-5-2/h15-16,18-19,24-27,50H,4-14,17,20-23,28-49H2,1-3H3/b18-15-,19-16-,26-24-,27-25-/t50-/m1/s1. The minimum Gasteiger partial charge on any atom is -0.462 e. The van der Waals surface area contributed by atoms with Gasteiger partial charge in [-0.05, 0) is 96.3 Å². The topological polar surface area (TPSA) is 78.9 Å². The van der Waals surface area contributed by atoms with Gasteiger partial charge in [0.25, 0.3) is 0 Å². The SMILES string of the molecule is CCCC/C=C\CCCCCCCC(=O)O[C@H](COC(=O)CCCCCCC/C=C\C/C=C\CCCCC)COC(=O)CCCCCCC/C=C\CCCCCCCC. The molecule has 0 fully saturated rings. The second-order valence-electron chi connectivity index (χ2n) is 16.7. The minimum absolute atomic E-state index is 0.0849. The van der Waals surface area contributed by atoms with E-state index in [2.05, 4.69) is 69.4 Å². The van der Waals surface area contributed by atoms with Crippen molar-refractivity contribution in [1.29, 1.82) is 0 Å². The van der Waals surface area contributed by atoms with Crippen molar-refractivity contribution in [3.8, 4) is 0 Å². The van der Waals surface area contributed by atoms with Crippen LogP contribution >= 0.6 is 0 Å². The summed E-state index contributed by atoms with van der Waals surface area (Å²) < 4.78 is 16.7. The van der Waals surface area contributed by atoms with E-state index in [-0.39, 0.29) is 31.1 Å². The van der Waals surface area contributed by atoms with Crippen molar-refractivity contribution in [3.63, 3.8) is 0 Å². The number of unbranched alkanes of at least 4 members (excludes halogenated alkanes) is 26. The first-order chi connectivity index (χ1) is 29.0. The van der Waals surface area contributed by atoms with Gasteiger partial charge in [0.2, 0.25) is 0 Å². The molecule has 59 heavy (non-hydrogen) atoms. The molecule has 0 aliphatic carbocycles. The molecule has 0 aliphatic heterocycles. The number of allylic oxidation sites excluding steroid dienone is 8. The number of rotatable bonds is 45. The second-order valence-corrected chi connectivity index (χ2v) is 16.7. The number of hydrogen-bond donors (Lipinski definition) is 0. The molecule has 0 amide bonds. The Morgan fingerprint density at radius 2 is 0.627 bits per heavy atom. The summed E-state index contributed by atoms with van der Waals surface area (Å²) in [5.74, 6) is -0.913. The molecule has 0 saturated carbocycles.